The summed E-state index contributed by atoms with van der Waals surface area (Å²) in [6, 6.07) is 16.9. The minimum atomic E-state index is 0.0746. The smallest absolute Gasteiger partial charge is 0.121 e. The fourth-order valence-corrected chi connectivity index (χ4v) is 3.00. The van der Waals surface area contributed by atoms with Gasteiger partial charge in [-0.2, -0.15) is 0 Å². The Labute approximate surface area is 127 Å². The largest absolute Gasteiger partial charge is 0.486 e. The van der Waals surface area contributed by atoms with E-state index in [2.05, 4.69) is 61.6 Å². The second-order valence-electron chi connectivity index (χ2n) is 5.89. The predicted octanol–water partition coefficient (Wildman–Crippen LogP) is 4.08. The molecule has 0 radical (unpaired) electrons. The number of hydrogen-bond acceptors (Lipinski definition) is 2. The molecule has 110 valence electrons. The zero-order chi connectivity index (χ0) is 14.7. The van der Waals surface area contributed by atoms with E-state index in [0.717, 1.165) is 25.3 Å². The second kappa shape index (κ2) is 6.31. The Kier molecular flexibility index (Phi) is 4.26. The number of fused-ring (bicyclic) bond motifs is 1. The van der Waals surface area contributed by atoms with E-state index < -0.39 is 0 Å². The van der Waals surface area contributed by atoms with Gasteiger partial charge in [0.05, 0.1) is 0 Å². The van der Waals surface area contributed by atoms with Crippen LogP contribution in [0.1, 0.15) is 42.6 Å². The highest BCUT2D eigenvalue weighted by Gasteiger charge is 2.15. The van der Waals surface area contributed by atoms with E-state index >= 15 is 0 Å². The first-order chi connectivity index (χ1) is 10.2. The fraction of sp³-hybridized carbons (Fsp3) is 0.368. The third-order valence-electron chi connectivity index (χ3n) is 4.25. The molecule has 2 nitrogen and oxygen atoms in total. The molecule has 1 heterocycles. The third-order valence-corrected chi connectivity index (χ3v) is 4.25. The summed E-state index contributed by atoms with van der Waals surface area (Å²) in [5, 5.41) is 3.49. The van der Waals surface area contributed by atoms with Gasteiger partial charge in [0.25, 0.3) is 0 Å². The molecule has 0 saturated heterocycles. The van der Waals surface area contributed by atoms with E-state index in [4.69, 9.17) is 4.74 Å². The van der Waals surface area contributed by atoms with E-state index in [1.54, 1.807) is 0 Å². The Bertz CT molecular complexity index is 594. The average Bonchev–Trinajstić information content (AvgIpc) is 2.70. The van der Waals surface area contributed by atoms with Gasteiger partial charge in [0.1, 0.15) is 11.9 Å². The van der Waals surface area contributed by atoms with Crippen LogP contribution in [0.3, 0.4) is 0 Å². The molecule has 21 heavy (non-hydrogen) atoms. The minimum Gasteiger partial charge on any atom is -0.486 e. The standard InChI is InChI=1S/C19H23NO/c1-14-13-20-11-10-17-12-18(8-9-19(14)17)21-15(2)16-6-4-3-5-7-16/h3-9,12,14-15,20H,10-11,13H2,1-2H3/t14-,15-/m0/s1. The molecule has 0 amide bonds. The van der Waals surface area contributed by atoms with Crippen molar-refractivity contribution >= 4 is 0 Å². The van der Waals surface area contributed by atoms with Crippen molar-refractivity contribution < 1.29 is 4.74 Å². The Morgan fingerprint density at radius 3 is 2.76 bits per heavy atom. The molecule has 0 aliphatic carbocycles. The number of hydrogen-bond donors (Lipinski definition) is 1. The average molecular weight is 281 g/mol. The van der Waals surface area contributed by atoms with Gasteiger partial charge in [-0.25, -0.2) is 0 Å². The topological polar surface area (TPSA) is 21.3 Å². The van der Waals surface area contributed by atoms with Gasteiger partial charge < -0.3 is 10.1 Å². The lowest BCUT2D eigenvalue weighted by atomic mass is 9.95. The van der Waals surface area contributed by atoms with Crippen molar-refractivity contribution in [1.82, 2.24) is 5.32 Å². The lowest BCUT2D eigenvalue weighted by molar-refractivity contribution is 0.226. The molecule has 2 atom stereocenters. The molecule has 0 fully saturated rings. The van der Waals surface area contributed by atoms with Crippen molar-refractivity contribution in [3.8, 4) is 5.75 Å². The number of rotatable bonds is 3. The van der Waals surface area contributed by atoms with Gasteiger partial charge in [-0.1, -0.05) is 43.3 Å². The quantitative estimate of drug-likeness (QED) is 0.915. The van der Waals surface area contributed by atoms with Gasteiger partial charge in [-0.3, -0.25) is 0 Å². The third kappa shape index (κ3) is 3.27. The van der Waals surface area contributed by atoms with Gasteiger partial charge in [-0.15, -0.1) is 0 Å². The summed E-state index contributed by atoms with van der Waals surface area (Å²) in [4.78, 5) is 0. The van der Waals surface area contributed by atoms with Crippen LogP contribution in [0.15, 0.2) is 48.5 Å². The molecule has 0 bridgehead atoms. The van der Waals surface area contributed by atoms with Gasteiger partial charge >= 0.3 is 0 Å². The molecule has 2 aromatic rings. The molecular formula is C19H23NO. The molecule has 2 aromatic carbocycles. The van der Waals surface area contributed by atoms with Crippen LogP contribution < -0.4 is 10.1 Å². The Morgan fingerprint density at radius 1 is 1.14 bits per heavy atom. The predicted molar refractivity (Wildman–Crippen MR) is 86.9 cm³/mol. The first-order valence-electron chi connectivity index (χ1n) is 7.79. The molecule has 0 spiro atoms. The summed E-state index contributed by atoms with van der Waals surface area (Å²) >= 11 is 0. The van der Waals surface area contributed by atoms with Crippen LogP contribution in [0.2, 0.25) is 0 Å². The summed E-state index contributed by atoms with van der Waals surface area (Å²) in [6.45, 7) is 6.50. The van der Waals surface area contributed by atoms with Crippen molar-refractivity contribution in [2.45, 2.75) is 32.3 Å². The molecule has 0 unspecified atom stereocenters. The van der Waals surface area contributed by atoms with Gasteiger partial charge in [0, 0.05) is 6.54 Å². The van der Waals surface area contributed by atoms with E-state index in [1.807, 2.05) is 6.07 Å². The maximum atomic E-state index is 6.12. The highest BCUT2D eigenvalue weighted by Crippen LogP contribution is 2.28. The fourth-order valence-electron chi connectivity index (χ4n) is 3.00. The van der Waals surface area contributed by atoms with Gasteiger partial charge in [0.2, 0.25) is 0 Å². The zero-order valence-corrected chi connectivity index (χ0v) is 12.8. The van der Waals surface area contributed by atoms with Gasteiger partial charge in [-0.05, 0) is 54.6 Å². The van der Waals surface area contributed by atoms with E-state index in [9.17, 15) is 0 Å². The van der Waals surface area contributed by atoms with Crippen LogP contribution in [0.5, 0.6) is 5.75 Å². The van der Waals surface area contributed by atoms with Crippen molar-refractivity contribution in [3.05, 3.63) is 65.2 Å². The molecular weight excluding hydrogens is 258 g/mol. The zero-order valence-electron chi connectivity index (χ0n) is 12.8. The van der Waals surface area contributed by atoms with Crippen molar-refractivity contribution in [2.75, 3.05) is 13.1 Å². The molecule has 1 aliphatic rings. The first kappa shape index (κ1) is 14.2. The van der Waals surface area contributed by atoms with Crippen LogP contribution in [0.4, 0.5) is 0 Å². The van der Waals surface area contributed by atoms with Crippen LogP contribution in [0, 0.1) is 0 Å². The summed E-state index contributed by atoms with van der Waals surface area (Å²) in [5.41, 5.74) is 4.09. The number of nitrogens with one attached hydrogen (secondary N) is 1. The van der Waals surface area contributed by atoms with E-state index in [0.29, 0.717) is 5.92 Å². The second-order valence-corrected chi connectivity index (χ2v) is 5.89. The molecule has 1 N–H and O–H groups in total. The van der Waals surface area contributed by atoms with Crippen LogP contribution in [-0.2, 0) is 6.42 Å². The van der Waals surface area contributed by atoms with Crippen molar-refractivity contribution in [1.29, 1.82) is 0 Å². The maximum Gasteiger partial charge on any atom is 0.121 e. The number of ether oxygens (including phenoxy) is 1. The molecule has 1 aliphatic heterocycles. The number of benzene rings is 2. The highest BCUT2D eigenvalue weighted by atomic mass is 16.5. The van der Waals surface area contributed by atoms with Crippen LogP contribution >= 0.6 is 0 Å². The minimum absolute atomic E-state index is 0.0746. The Morgan fingerprint density at radius 2 is 1.95 bits per heavy atom. The van der Waals surface area contributed by atoms with Gasteiger partial charge in [0.15, 0.2) is 0 Å². The SMILES string of the molecule is C[C@H](Oc1ccc2c(c1)CCNC[C@@H]2C)c1ccccc1. The summed E-state index contributed by atoms with van der Waals surface area (Å²) in [5.74, 6) is 1.54. The maximum absolute atomic E-state index is 6.12. The monoisotopic (exact) mass is 281 g/mol. The molecule has 3 rings (SSSR count). The Balaban J connectivity index is 1.79. The van der Waals surface area contributed by atoms with Crippen molar-refractivity contribution in [3.63, 3.8) is 0 Å². The van der Waals surface area contributed by atoms with Crippen LogP contribution in [-0.4, -0.2) is 13.1 Å². The molecule has 2 heteroatoms. The highest BCUT2D eigenvalue weighted by molar-refractivity contribution is 5.39. The normalized spacial score (nSPS) is 19.4. The van der Waals surface area contributed by atoms with E-state index in [-0.39, 0.29) is 6.10 Å². The lowest BCUT2D eigenvalue weighted by Crippen LogP contribution is -2.18. The molecule has 0 aromatic heterocycles. The van der Waals surface area contributed by atoms with Crippen LogP contribution in [0.25, 0.3) is 0 Å². The summed E-state index contributed by atoms with van der Waals surface area (Å²) < 4.78 is 6.12. The first-order valence-corrected chi connectivity index (χ1v) is 7.79. The van der Waals surface area contributed by atoms with Crippen molar-refractivity contribution in [2.24, 2.45) is 0 Å². The van der Waals surface area contributed by atoms with E-state index in [1.165, 1.54) is 16.7 Å². The lowest BCUT2D eigenvalue weighted by Gasteiger charge is -2.18. The molecule has 0 saturated carbocycles. The summed E-state index contributed by atoms with van der Waals surface area (Å²) in [7, 11) is 0. The summed E-state index contributed by atoms with van der Waals surface area (Å²) in [6.07, 6.45) is 1.15. The Hall–Kier alpha value is -1.80.